The second-order valence-corrected chi connectivity index (χ2v) is 7.70. The van der Waals surface area contributed by atoms with Crippen molar-refractivity contribution in [1.29, 1.82) is 0 Å². The Kier molecular flexibility index (Phi) is 5.39. The van der Waals surface area contributed by atoms with Crippen molar-refractivity contribution in [2.24, 2.45) is 0 Å². The van der Waals surface area contributed by atoms with E-state index in [4.69, 9.17) is 4.42 Å². The minimum absolute atomic E-state index is 0.159. The van der Waals surface area contributed by atoms with Gasteiger partial charge in [0.05, 0.1) is 16.5 Å². The van der Waals surface area contributed by atoms with Crippen molar-refractivity contribution < 1.29 is 14.0 Å². The van der Waals surface area contributed by atoms with E-state index in [1.54, 1.807) is 12.1 Å². The number of carbonyl (C=O) groups is 2. The summed E-state index contributed by atoms with van der Waals surface area (Å²) in [6.07, 6.45) is 1.77. The summed E-state index contributed by atoms with van der Waals surface area (Å²) in [7, 11) is 0. The van der Waals surface area contributed by atoms with Crippen LogP contribution in [0, 0.1) is 6.92 Å². The smallest absolute Gasteiger partial charge is 0.287 e. The molecule has 2 amide bonds. The van der Waals surface area contributed by atoms with Crippen LogP contribution in [-0.4, -0.2) is 22.8 Å². The fourth-order valence-electron chi connectivity index (χ4n) is 2.97. The summed E-state index contributed by atoms with van der Waals surface area (Å²) in [6.45, 7) is 2.01. The number of hydrogen-bond donors (Lipinski definition) is 2. The largest absolute Gasteiger partial charge is 0.459 e. The second kappa shape index (κ2) is 8.28. The molecule has 2 N–H and O–H groups in total. The van der Waals surface area contributed by atoms with Crippen molar-refractivity contribution in [1.82, 2.24) is 10.3 Å². The van der Waals surface area contributed by atoms with E-state index >= 15 is 0 Å². The molecular weight excluding hydrogens is 386 g/mol. The Balaban J connectivity index is 1.54. The predicted molar refractivity (Wildman–Crippen MR) is 113 cm³/mol. The zero-order valence-electron chi connectivity index (χ0n) is 15.7. The highest BCUT2D eigenvalue weighted by Crippen LogP contribution is 2.26. The van der Waals surface area contributed by atoms with E-state index in [1.165, 1.54) is 17.6 Å². The molecule has 4 aromatic rings. The first kappa shape index (κ1) is 18.9. The Labute approximate surface area is 171 Å². The number of furan rings is 1. The molecule has 7 heteroatoms. The summed E-state index contributed by atoms with van der Waals surface area (Å²) in [5.41, 5.74) is 2.90. The van der Waals surface area contributed by atoms with Gasteiger partial charge in [0.1, 0.15) is 6.04 Å². The number of benzene rings is 2. The molecule has 2 aromatic heterocycles. The minimum Gasteiger partial charge on any atom is -0.459 e. The van der Waals surface area contributed by atoms with Crippen LogP contribution in [0.2, 0.25) is 0 Å². The number of thiazole rings is 1. The number of amides is 2. The maximum absolute atomic E-state index is 13.0. The SMILES string of the molecule is Cc1ccc2nc(NC(=O)[C@H](Cc3ccccc3)NC(=O)c3ccco3)sc2c1. The van der Waals surface area contributed by atoms with Crippen LogP contribution in [0.3, 0.4) is 0 Å². The lowest BCUT2D eigenvalue weighted by Crippen LogP contribution is -2.45. The van der Waals surface area contributed by atoms with Gasteiger partial charge in [-0.15, -0.1) is 0 Å². The Morgan fingerprint density at radius 2 is 1.93 bits per heavy atom. The van der Waals surface area contributed by atoms with Crippen LogP contribution in [0.15, 0.2) is 71.3 Å². The van der Waals surface area contributed by atoms with Crippen molar-refractivity contribution in [3.63, 3.8) is 0 Å². The lowest BCUT2D eigenvalue weighted by Gasteiger charge is -2.17. The molecule has 0 fully saturated rings. The van der Waals surface area contributed by atoms with Gasteiger partial charge in [-0.05, 0) is 42.3 Å². The monoisotopic (exact) mass is 405 g/mol. The minimum atomic E-state index is -0.774. The van der Waals surface area contributed by atoms with Crippen molar-refractivity contribution >= 4 is 38.5 Å². The van der Waals surface area contributed by atoms with Crippen LogP contribution in [0.4, 0.5) is 5.13 Å². The Morgan fingerprint density at radius 1 is 1.10 bits per heavy atom. The van der Waals surface area contributed by atoms with E-state index in [1.807, 2.05) is 55.5 Å². The number of nitrogens with zero attached hydrogens (tertiary/aromatic N) is 1. The normalized spacial score (nSPS) is 11.9. The number of anilines is 1. The molecule has 4 rings (SSSR count). The highest BCUT2D eigenvalue weighted by atomic mass is 32.1. The molecule has 0 saturated heterocycles. The van der Waals surface area contributed by atoms with Gasteiger partial charge in [0.2, 0.25) is 5.91 Å². The molecule has 0 unspecified atom stereocenters. The van der Waals surface area contributed by atoms with Crippen LogP contribution >= 0.6 is 11.3 Å². The van der Waals surface area contributed by atoms with Crippen LogP contribution in [-0.2, 0) is 11.2 Å². The number of rotatable bonds is 6. The molecule has 29 heavy (non-hydrogen) atoms. The van der Waals surface area contributed by atoms with Gasteiger partial charge in [-0.1, -0.05) is 47.7 Å². The van der Waals surface area contributed by atoms with Crippen molar-refractivity contribution in [2.45, 2.75) is 19.4 Å². The topological polar surface area (TPSA) is 84.2 Å². The van der Waals surface area contributed by atoms with Crippen molar-refractivity contribution in [3.8, 4) is 0 Å². The lowest BCUT2D eigenvalue weighted by molar-refractivity contribution is -0.118. The Morgan fingerprint density at radius 3 is 2.69 bits per heavy atom. The number of fused-ring (bicyclic) bond motifs is 1. The Hall–Kier alpha value is -3.45. The first-order valence-corrected chi connectivity index (χ1v) is 9.96. The summed E-state index contributed by atoms with van der Waals surface area (Å²) in [5, 5.41) is 6.11. The molecule has 0 spiro atoms. The average Bonchev–Trinajstić information content (AvgIpc) is 3.37. The summed E-state index contributed by atoms with van der Waals surface area (Å²) in [5.74, 6) is -0.609. The van der Waals surface area contributed by atoms with Crippen molar-refractivity contribution in [2.75, 3.05) is 5.32 Å². The van der Waals surface area contributed by atoms with Crippen LogP contribution in [0.1, 0.15) is 21.7 Å². The second-order valence-electron chi connectivity index (χ2n) is 6.67. The zero-order chi connectivity index (χ0) is 20.2. The predicted octanol–water partition coefficient (Wildman–Crippen LogP) is 4.18. The average molecular weight is 405 g/mol. The van der Waals surface area contributed by atoms with Gasteiger partial charge in [-0.25, -0.2) is 4.98 Å². The first-order valence-electron chi connectivity index (χ1n) is 9.15. The van der Waals surface area contributed by atoms with E-state index in [-0.39, 0.29) is 11.7 Å². The molecule has 0 aliphatic rings. The van der Waals surface area contributed by atoms with Crippen LogP contribution in [0.25, 0.3) is 10.2 Å². The molecule has 0 saturated carbocycles. The quantitative estimate of drug-likeness (QED) is 0.504. The molecule has 0 aliphatic heterocycles. The molecule has 0 bridgehead atoms. The van der Waals surface area contributed by atoms with Gasteiger partial charge in [0.25, 0.3) is 5.91 Å². The molecule has 146 valence electrons. The summed E-state index contributed by atoms with van der Waals surface area (Å²) < 4.78 is 6.14. The number of hydrogen-bond acceptors (Lipinski definition) is 5. The maximum Gasteiger partial charge on any atom is 0.287 e. The van der Waals surface area contributed by atoms with Gasteiger partial charge in [-0.3, -0.25) is 9.59 Å². The third-order valence-electron chi connectivity index (χ3n) is 4.42. The molecular formula is C22H19N3O3S. The zero-order valence-corrected chi connectivity index (χ0v) is 16.5. The number of aromatic nitrogens is 1. The van der Waals surface area contributed by atoms with Gasteiger partial charge >= 0.3 is 0 Å². The standard InChI is InChI=1S/C22H19N3O3S/c1-14-9-10-16-19(12-14)29-22(24-16)25-20(26)17(13-15-6-3-2-4-7-15)23-21(27)18-8-5-11-28-18/h2-12,17H,13H2,1H3,(H,23,27)(H,24,25,26)/t17-/m0/s1. The maximum atomic E-state index is 13.0. The van der Waals surface area contributed by atoms with Crippen LogP contribution in [0.5, 0.6) is 0 Å². The molecule has 0 aliphatic carbocycles. The highest BCUT2D eigenvalue weighted by Gasteiger charge is 2.24. The summed E-state index contributed by atoms with van der Waals surface area (Å²) in [4.78, 5) is 29.9. The summed E-state index contributed by atoms with van der Waals surface area (Å²) in [6, 6.07) is 17.9. The van der Waals surface area contributed by atoms with Crippen LogP contribution < -0.4 is 10.6 Å². The van der Waals surface area contributed by atoms with E-state index in [0.29, 0.717) is 11.6 Å². The van der Waals surface area contributed by atoms with E-state index < -0.39 is 11.9 Å². The number of carbonyl (C=O) groups excluding carboxylic acids is 2. The fraction of sp³-hybridized carbons (Fsp3) is 0.136. The third kappa shape index (κ3) is 4.52. The number of aryl methyl sites for hydroxylation is 1. The molecule has 1 atom stereocenters. The molecule has 2 heterocycles. The Bertz CT molecular complexity index is 1140. The van der Waals surface area contributed by atoms with Gasteiger partial charge in [-0.2, -0.15) is 0 Å². The molecule has 2 aromatic carbocycles. The highest BCUT2D eigenvalue weighted by molar-refractivity contribution is 7.22. The van der Waals surface area contributed by atoms with E-state index in [0.717, 1.165) is 21.3 Å². The van der Waals surface area contributed by atoms with E-state index in [9.17, 15) is 9.59 Å². The molecule has 6 nitrogen and oxygen atoms in total. The van der Waals surface area contributed by atoms with Gasteiger partial charge < -0.3 is 15.1 Å². The summed E-state index contributed by atoms with van der Waals surface area (Å²) >= 11 is 1.41. The number of nitrogens with one attached hydrogen (secondary N) is 2. The van der Waals surface area contributed by atoms with E-state index in [2.05, 4.69) is 15.6 Å². The van der Waals surface area contributed by atoms with Gasteiger partial charge in [0, 0.05) is 6.42 Å². The fourth-order valence-corrected chi connectivity index (χ4v) is 3.94. The first-order chi connectivity index (χ1) is 14.1. The van der Waals surface area contributed by atoms with Gasteiger partial charge in [0.15, 0.2) is 10.9 Å². The van der Waals surface area contributed by atoms with Crippen molar-refractivity contribution in [3.05, 3.63) is 83.8 Å². The molecule has 0 radical (unpaired) electrons. The lowest BCUT2D eigenvalue weighted by atomic mass is 10.1. The third-order valence-corrected chi connectivity index (χ3v) is 5.36.